The molecule has 0 N–H and O–H groups in total. The predicted molar refractivity (Wildman–Crippen MR) is 94.0 cm³/mol. The van der Waals surface area contributed by atoms with Gasteiger partial charge in [-0.15, -0.1) is 11.3 Å². The van der Waals surface area contributed by atoms with Crippen LogP contribution in [0, 0.1) is 6.92 Å². The van der Waals surface area contributed by atoms with E-state index in [4.69, 9.17) is 0 Å². The van der Waals surface area contributed by atoms with Crippen molar-refractivity contribution in [3.8, 4) is 0 Å². The van der Waals surface area contributed by atoms with Crippen LogP contribution in [0.15, 0.2) is 29.6 Å². The Labute approximate surface area is 143 Å². The molecule has 1 saturated heterocycles. The average Bonchev–Trinajstić information content (AvgIpc) is 3.19. The van der Waals surface area contributed by atoms with Crippen LogP contribution in [0.5, 0.6) is 0 Å². The van der Waals surface area contributed by atoms with Crippen LogP contribution in [-0.4, -0.2) is 33.1 Å². The van der Waals surface area contributed by atoms with E-state index >= 15 is 0 Å². The minimum absolute atomic E-state index is 0.105. The second-order valence-corrected chi connectivity index (χ2v) is 8.30. The van der Waals surface area contributed by atoms with E-state index in [9.17, 15) is 9.00 Å². The number of benzene rings is 1. The lowest BCUT2D eigenvalue weighted by atomic mass is 10.1. The third kappa shape index (κ3) is 4.26. The Morgan fingerprint density at radius 2 is 1.91 bits per heavy atom. The van der Waals surface area contributed by atoms with Crippen molar-refractivity contribution in [2.24, 2.45) is 0 Å². The predicted octanol–water partition coefficient (Wildman–Crippen LogP) is 3.14. The van der Waals surface area contributed by atoms with Crippen molar-refractivity contribution in [1.29, 1.82) is 0 Å². The highest BCUT2D eigenvalue weighted by molar-refractivity contribution is 7.83. The number of likely N-dealkylation sites (tertiary alicyclic amines) is 1. The number of aromatic nitrogens is 1. The molecule has 6 heteroatoms. The summed E-state index contributed by atoms with van der Waals surface area (Å²) in [7, 11) is -0.979. The van der Waals surface area contributed by atoms with E-state index < -0.39 is 10.8 Å². The molecule has 23 heavy (non-hydrogen) atoms. The lowest BCUT2D eigenvalue weighted by Crippen LogP contribution is -2.27. The number of nitrogens with zero attached hydrogens (tertiary/aromatic N) is 2. The van der Waals surface area contributed by atoms with Crippen molar-refractivity contribution >= 4 is 28.0 Å². The van der Waals surface area contributed by atoms with Gasteiger partial charge in [-0.05, 0) is 37.5 Å². The van der Waals surface area contributed by atoms with E-state index in [2.05, 4.69) is 4.98 Å². The summed E-state index contributed by atoms with van der Waals surface area (Å²) in [6, 6.07) is 7.52. The summed E-state index contributed by atoms with van der Waals surface area (Å²) in [5.74, 6) is 1.08. The van der Waals surface area contributed by atoms with E-state index in [-0.39, 0.29) is 5.91 Å². The van der Waals surface area contributed by atoms with Gasteiger partial charge in [0.15, 0.2) is 0 Å². The van der Waals surface area contributed by atoms with Gasteiger partial charge < -0.3 is 4.90 Å². The second-order valence-electron chi connectivity index (χ2n) is 5.78. The van der Waals surface area contributed by atoms with Crippen LogP contribution in [0.3, 0.4) is 0 Å². The Balaban J connectivity index is 1.58. The number of carbonyl (C=O) groups excluding carboxylic acids is 1. The molecule has 0 radical (unpaired) electrons. The molecular formula is C17H20N2O2S2. The molecule has 4 nitrogen and oxygen atoms in total. The molecule has 1 aliphatic rings. The SMILES string of the molecule is Cc1nc(CS(=O)Cc2ccc(C(=O)N3CCCC3)cc2)cs1. The summed E-state index contributed by atoms with van der Waals surface area (Å²) < 4.78 is 12.2. The van der Waals surface area contributed by atoms with Gasteiger partial charge in [0.1, 0.15) is 0 Å². The van der Waals surface area contributed by atoms with Gasteiger partial charge in [-0.25, -0.2) is 4.98 Å². The zero-order valence-electron chi connectivity index (χ0n) is 13.2. The van der Waals surface area contributed by atoms with Crippen molar-refractivity contribution < 1.29 is 9.00 Å². The lowest BCUT2D eigenvalue weighted by Gasteiger charge is -2.15. The molecule has 2 heterocycles. The fourth-order valence-corrected chi connectivity index (χ4v) is 4.58. The quantitative estimate of drug-likeness (QED) is 0.834. The molecule has 1 fully saturated rings. The first-order chi connectivity index (χ1) is 11.1. The molecule has 0 spiro atoms. The number of aryl methyl sites for hydroxylation is 1. The topological polar surface area (TPSA) is 50.3 Å². The lowest BCUT2D eigenvalue weighted by molar-refractivity contribution is 0.0793. The van der Waals surface area contributed by atoms with Crippen LogP contribution < -0.4 is 0 Å². The van der Waals surface area contributed by atoms with Crippen LogP contribution >= 0.6 is 11.3 Å². The molecule has 2 aromatic rings. The summed E-state index contributed by atoms with van der Waals surface area (Å²) >= 11 is 1.58. The third-order valence-corrected chi connectivity index (χ3v) is 5.99. The molecule has 1 atom stereocenters. The monoisotopic (exact) mass is 348 g/mol. The van der Waals surface area contributed by atoms with Gasteiger partial charge in [0.25, 0.3) is 5.91 Å². The van der Waals surface area contributed by atoms with E-state index in [0.717, 1.165) is 47.8 Å². The Kier molecular flexibility index (Phi) is 5.23. The normalized spacial score (nSPS) is 15.8. The number of hydrogen-bond donors (Lipinski definition) is 0. The summed E-state index contributed by atoms with van der Waals surface area (Å²) in [5.41, 5.74) is 2.61. The van der Waals surface area contributed by atoms with Crippen LogP contribution in [-0.2, 0) is 22.3 Å². The molecule has 0 saturated carbocycles. The van der Waals surface area contributed by atoms with E-state index in [1.54, 1.807) is 11.3 Å². The van der Waals surface area contributed by atoms with Crippen molar-refractivity contribution in [3.05, 3.63) is 51.5 Å². The number of hydrogen-bond acceptors (Lipinski definition) is 4. The van der Waals surface area contributed by atoms with Crippen molar-refractivity contribution in [2.75, 3.05) is 13.1 Å². The molecule has 1 aliphatic heterocycles. The smallest absolute Gasteiger partial charge is 0.253 e. The van der Waals surface area contributed by atoms with Gasteiger partial charge in [-0.2, -0.15) is 0 Å². The Hall–Kier alpha value is -1.53. The summed E-state index contributed by atoms with van der Waals surface area (Å²) in [5, 5.41) is 2.96. The van der Waals surface area contributed by atoms with E-state index in [0.29, 0.717) is 11.5 Å². The minimum Gasteiger partial charge on any atom is -0.339 e. The number of amides is 1. The fraction of sp³-hybridized carbons (Fsp3) is 0.412. The van der Waals surface area contributed by atoms with Gasteiger partial charge in [0.2, 0.25) is 0 Å². The van der Waals surface area contributed by atoms with E-state index in [1.807, 2.05) is 41.5 Å². The summed E-state index contributed by atoms with van der Waals surface area (Å²) in [4.78, 5) is 18.5. The van der Waals surface area contributed by atoms with Gasteiger partial charge in [0.05, 0.1) is 16.5 Å². The standard InChI is InChI=1S/C17H20N2O2S2/c1-13-18-16(10-22-13)12-23(21)11-14-4-6-15(7-5-14)17(20)19-8-2-3-9-19/h4-7,10H,2-3,8-9,11-12H2,1H3. The zero-order chi connectivity index (χ0) is 16.2. The van der Waals surface area contributed by atoms with E-state index in [1.165, 1.54) is 0 Å². The zero-order valence-corrected chi connectivity index (χ0v) is 14.8. The highest BCUT2D eigenvalue weighted by Crippen LogP contribution is 2.16. The largest absolute Gasteiger partial charge is 0.339 e. The maximum atomic E-state index is 12.3. The number of thiazole rings is 1. The van der Waals surface area contributed by atoms with Gasteiger partial charge in [-0.3, -0.25) is 9.00 Å². The molecule has 1 aromatic carbocycles. The van der Waals surface area contributed by atoms with Crippen LogP contribution in [0.25, 0.3) is 0 Å². The maximum Gasteiger partial charge on any atom is 0.253 e. The molecule has 122 valence electrons. The third-order valence-electron chi connectivity index (χ3n) is 3.90. The van der Waals surface area contributed by atoms with Crippen LogP contribution in [0.2, 0.25) is 0 Å². The highest BCUT2D eigenvalue weighted by atomic mass is 32.2. The summed E-state index contributed by atoms with van der Waals surface area (Å²) in [6.07, 6.45) is 2.19. The first-order valence-corrected chi connectivity index (χ1v) is 10.1. The van der Waals surface area contributed by atoms with Crippen molar-refractivity contribution in [1.82, 2.24) is 9.88 Å². The fourth-order valence-electron chi connectivity index (χ4n) is 2.72. The Morgan fingerprint density at radius 3 is 2.52 bits per heavy atom. The maximum absolute atomic E-state index is 12.3. The van der Waals surface area contributed by atoms with Crippen molar-refractivity contribution in [2.45, 2.75) is 31.3 Å². The number of rotatable bonds is 5. The van der Waals surface area contributed by atoms with Gasteiger partial charge in [-0.1, -0.05) is 12.1 Å². The van der Waals surface area contributed by atoms with Crippen LogP contribution in [0.4, 0.5) is 0 Å². The molecule has 0 bridgehead atoms. The molecular weight excluding hydrogens is 328 g/mol. The van der Waals surface area contributed by atoms with Crippen molar-refractivity contribution in [3.63, 3.8) is 0 Å². The molecule has 3 rings (SSSR count). The highest BCUT2D eigenvalue weighted by Gasteiger charge is 2.19. The first kappa shape index (κ1) is 16.3. The molecule has 1 aromatic heterocycles. The molecule has 0 aliphatic carbocycles. The Morgan fingerprint density at radius 1 is 1.22 bits per heavy atom. The van der Waals surface area contributed by atoms with Gasteiger partial charge >= 0.3 is 0 Å². The average molecular weight is 348 g/mol. The summed E-state index contributed by atoms with van der Waals surface area (Å²) in [6.45, 7) is 3.67. The minimum atomic E-state index is -0.979. The van der Waals surface area contributed by atoms with Crippen LogP contribution in [0.1, 0.15) is 39.5 Å². The first-order valence-electron chi connectivity index (χ1n) is 7.76. The molecule has 1 unspecified atom stereocenters. The molecule has 1 amide bonds. The number of carbonyl (C=O) groups is 1. The van der Waals surface area contributed by atoms with Gasteiger partial charge in [0, 0.05) is 40.6 Å². The second kappa shape index (κ2) is 7.36. The Bertz CT molecular complexity index is 704.